The molecule has 104 valence electrons. The van der Waals surface area contributed by atoms with Crippen LogP contribution in [0.5, 0.6) is 11.6 Å². The fourth-order valence-corrected chi connectivity index (χ4v) is 2.53. The highest BCUT2D eigenvalue weighted by molar-refractivity contribution is 5.43. The average Bonchev–Trinajstić information content (AvgIpc) is 2.86. The molecule has 1 atom stereocenters. The molecule has 20 heavy (non-hydrogen) atoms. The van der Waals surface area contributed by atoms with Gasteiger partial charge in [-0.05, 0) is 12.5 Å². The minimum atomic E-state index is -0.265. The Balaban J connectivity index is 2.03. The molecule has 0 aliphatic carbocycles. The van der Waals surface area contributed by atoms with Crippen LogP contribution in [0.15, 0.2) is 29.1 Å². The lowest BCUT2D eigenvalue weighted by Gasteiger charge is -2.10. The number of H-pyrrole nitrogens is 1. The summed E-state index contributed by atoms with van der Waals surface area (Å²) in [5, 5.41) is 9.94. The highest BCUT2D eigenvalue weighted by atomic mass is 16.5. The number of hydrogen-bond donors (Lipinski definition) is 2. The van der Waals surface area contributed by atoms with Gasteiger partial charge >= 0.3 is 0 Å². The molecule has 0 spiro atoms. The van der Waals surface area contributed by atoms with Crippen LogP contribution in [0.1, 0.15) is 36.2 Å². The van der Waals surface area contributed by atoms with E-state index in [0.29, 0.717) is 24.4 Å². The van der Waals surface area contributed by atoms with E-state index in [1.165, 1.54) is 0 Å². The van der Waals surface area contributed by atoms with E-state index in [1.54, 1.807) is 0 Å². The second-order valence-corrected chi connectivity index (χ2v) is 4.90. The van der Waals surface area contributed by atoms with Crippen molar-refractivity contribution in [3.63, 3.8) is 0 Å². The van der Waals surface area contributed by atoms with Crippen molar-refractivity contribution in [2.75, 3.05) is 6.61 Å². The Bertz CT molecular complexity index is 694. The zero-order valence-corrected chi connectivity index (χ0v) is 11.2. The number of aromatic nitrogens is 2. The van der Waals surface area contributed by atoms with Gasteiger partial charge in [0, 0.05) is 5.56 Å². The maximum atomic E-state index is 12.0. The molecule has 1 aliphatic rings. The lowest BCUT2D eigenvalue weighted by atomic mass is 10.0. The van der Waals surface area contributed by atoms with Crippen LogP contribution in [0.25, 0.3) is 0 Å². The number of nitrogens with one attached hydrogen (secondary N) is 1. The molecule has 1 unspecified atom stereocenters. The maximum Gasteiger partial charge on any atom is 0.257 e. The molecule has 0 amide bonds. The van der Waals surface area contributed by atoms with Gasteiger partial charge in [0.15, 0.2) is 0 Å². The number of ether oxygens (including phenoxy) is 1. The van der Waals surface area contributed by atoms with Crippen LogP contribution in [-0.4, -0.2) is 21.7 Å². The molecule has 1 aliphatic heterocycles. The largest absolute Gasteiger partial charge is 0.493 e. The van der Waals surface area contributed by atoms with E-state index in [0.717, 1.165) is 17.7 Å². The summed E-state index contributed by atoms with van der Waals surface area (Å²) >= 11 is 0. The summed E-state index contributed by atoms with van der Waals surface area (Å²) in [7, 11) is 0. The number of para-hydroxylation sites is 1. The first kappa shape index (κ1) is 12.7. The first-order valence-corrected chi connectivity index (χ1v) is 6.74. The average molecular weight is 272 g/mol. The molecule has 1 aromatic heterocycles. The molecular formula is C15H16N2O3. The predicted octanol–water partition coefficient (Wildman–Crippen LogP) is 1.95. The highest BCUT2D eigenvalue weighted by Crippen LogP contribution is 2.36. The molecule has 2 N–H and O–H groups in total. The minimum absolute atomic E-state index is 0.138. The van der Waals surface area contributed by atoms with Crippen molar-refractivity contribution in [2.45, 2.75) is 25.7 Å². The lowest BCUT2D eigenvalue weighted by molar-refractivity contribution is 0.338. The molecule has 2 aromatic rings. The Labute approximate surface area is 116 Å². The Kier molecular flexibility index (Phi) is 3.18. The van der Waals surface area contributed by atoms with E-state index in [1.807, 2.05) is 31.2 Å². The van der Waals surface area contributed by atoms with Crippen molar-refractivity contribution in [3.8, 4) is 11.6 Å². The molecule has 0 radical (unpaired) electrons. The van der Waals surface area contributed by atoms with Gasteiger partial charge in [0.25, 0.3) is 5.56 Å². The second kappa shape index (κ2) is 5.00. The summed E-state index contributed by atoms with van der Waals surface area (Å²) in [4.78, 5) is 19.0. The van der Waals surface area contributed by atoms with E-state index in [-0.39, 0.29) is 17.4 Å². The zero-order valence-electron chi connectivity index (χ0n) is 11.2. The van der Waals surface area contributed by atoms with Gasteiger partial charge in [-0.2, -0.15) is 4.98 Å². The minimum Gasteiger partial charge on any atom is -0.493 e. The predicted molar refractivity (Wildman–Crippen MR) is 74.3 cm³/mol. The van der Waals surface area contributed by atoms with Gasteiger partial charge in [0.2, 0.25) is 5.88 Å². The number of hydrogen-bond acceptors (Lipinski definition) is 4. The standard InChI is InChI=1S/C15H16N2O3/c1-2-5-10-14(18)16-13(17-15(10)19)11-8-20-12-7-4-3-6-9(11)12/h3-4,6-7,11H,2,5,8H2,1H3,(H2,16,17,18,19). The van der Waals surface area contributed by atoms with Crippen LogP contribution in [0.3, 0.4) is 0 Å². The summed E-state index contributed by atoms with van der Waals surface area (Å²) < 4.78 is 5.58. The Morgan fingerprint density at radius 3 is 3.00 bits per heavy atom. The van der Waals surface area contributed by atoms with Gasteiger partial charge in [0.1, 0.15) is 18.2 Å². The van der Waals surface area contributed by atoms with Crippen molar-refractivity contribution < 1.29 is 9.84 Å². The van der Waals surface area contributed by atoms with E-state index in [4.69, 9.17) is 4.74 Å². The quantitative estimate of drug-likeness (QED) is 0.895. The highest BCUT2D eigenvalue weighted by Gasteiger charge is 2.28. The van der Waals surface area contributed by atoms with E-state index >= 15 is 0 Å². The summed E-state index contributed by atoms with van der Waals surface area (Å²) in [6, 6.07) is 7.66. The lowest BCUT2D eigenvalue weighted by Crippen LogP contribution is -2.19. The van der Waals surface area contributed by atoms with Crippen LogP contribution in [0.2, 0.25) is 0 Å². The third-order valence-corrected chi connectivity index (χ3v) is 3.54. The Morgan fingerprint density at radius 2 is 2.25 bits per heavy atom. The fraction of sp³-hybridized carbons (Fsp3) is 0.333. The van der Waals surface area contributed by atoms with Crippen molar-refractivity contribution in [2.24, 2.45) is 0 Å². The molecule has 0 bridgehead atoms. The van der Waals surface area contributed by atoms with Crippen LogP contribution in [0.4, 0.5) is 0 Å². The van der Waals surface area contributed by atoms with Gasteiger partial charge in [-0.3, -0.25) is 4.79 Å². The van der Waals surface area contributed by atoms with Crippen LogP contribution < -0.4 is 10.3 Å². The van der Waals surface area contributed by atoms with Crippen molar-refractivity contribution in [3.05, 3.63) is 51.6 Å². The van der Waals surface area contributed by atoms with E-state index in [9.17, 15) is 9.90 Å². The molecule has 2 heterocycles. The van der Waals surface area contributed by atoms with Crippen LogP contribution >= 0.6 is 0 Å². The molecule has 0 fully saturated rings. The molecule has 5 heteroatoms. The van der Waals surface area contributed by atoms with Gasteiger partial charge in [-0.25, -0.2) is 0 Å². The maximum absolute atomic E-state index is 12.0. The van der Waals surface area contributed by atoms with Crippen molar-refractivity contribution >= 4 is 0 Å². The fourth-order valence-electron chi connectivity index (χ4n) is 2.53. The SMILES string of the molecule is CCCc1c(O)nc(C2COc3ccccc32)[nH]c1=O. The van der Waals surface area contributed by atoms with Crippen molar-refractivity contribution in [1.29, 1.82) is 0 Å². The molecule has 3 rings (SSSR count). The monoisotopic (exact) mass is 272 g/mol. The molecule has 5 nitrogen and oxygen atoms in total. The molecular weight excluding hydrogens is 256 g/mol. The Hall–Kier alpha value is -2.30. The first-order valence-electron chi connectivity index (χ1n) is 6.74. The normalized spacial score (nSPS) is 16.8. The third kappa shape index (κ3) is 2.05. The number of rotatable bonds is 3. The number of aromatic hydroxyl groups is 1. The third-order valence-electron chi connectivity index (χ3n) is 3.54. The Morgan fingerprint density at radius 1 is 1.45 bits per heavy atom. The van der Waals surface area contributed by atoms with Crippen LogP contribution in [0, 0.1) is 0 Å². The zero-order chi connectivity index (χ0) is 14.1. The number of nitrogens with zero attached hydrogens (tertiary/aromatic N) is 1. The molecule has 1 aromatic carbocycles. The summed E-state index contributed by atoms with van der Waals surface area (Å²) in [6.07, 6.45) is 1.30. The number of aromatic amines is 1. The van der Waals surface area contributed by atoms with Crippen LogP contribution in [-0.2, 0) is 6.42 Å². The molecule has 0 saturated carbocycles. The number of benzene rings is 1. The van der Waals surface area contributed by atoms with E-state index in [2.05, 4.69) is 9.97 Å². The van der Waals surface area contributed by atoms with E-state index < -0.39 is 0 Å². The topological polar surface area (TPSA) is 75.2 Å². The second-order valence-electron chi connectivity index (χ2n) is 4.90. The van der Waals surface area contributed by atoms with Gasteiger partial charge in [0.05, 0.1) is 11.5 Å². The first-order chi connectivity index (χ1) is 9.70. The van der Waals surface area contributed by atoms with Crippen molar-refractivity contribution in [1.82, 2.24) is 9.97 Å². The summed E-state index contributed by atoms with van der Waals surface area (Å²) in [5.74, 6) is 0.949. The number of fused-ring (bicyclic) bond motifs is 1. The van der Waals surface area contributed by atoms with Gasteiger partial charge in [-0.1, -0.05) is 31.5 Å². The smallest absolute Gasteiger partial charge is 0.257 e. The van der Waals surface area contributed by atoms with Gasteiger partial charge in [-0.15, -0.1) is 0 Å². The molecule has 0 saturated heterocycles. The summed E-state index contributed by atoms with van der Waals surface area (Å²) in [5.41, 5.74) is 1.07. The summed E-state index contributed by atoms with van der Waals surface area (Å²) in [6.45, 7) is 2.38. The van der Waals surface area contributed by atoms with Gasteiger partial charge < -0.3 is 14.8 Å².